The first kappa shape index (κ1) is 14.0. The van der Waals surface area contributed by atoms with E-state index in [1.165, 1.54) is 11.3 Å². The van der Waals surface area contributed by atoms with Gasteiger partial charge in [0.25, 0.3) is 5.91 Å². The van der Waals surface area contributed by atoms with Crippen molar-refractivity contribution in [3.05, 3.63) is 20.8 Å². The van der Waals surface area contributed by atoms with E-state index in [9.17, 15) is 4.79 Å². The summed E-state index contributed by atoms with van der Waals surface area (Å²) < 4.78 is 0.924. The molecule has 2 heterocycles. The van der Waals surface area contributed by atoms with Crippen LogP contribution in [0.5, 0.6) is 0 Å². The molecule has 1 aliphatic rings. The highest BCUT2D eigenvalue weighted by molar-refractivity contribution is 9.10. The number of thiophene rings is 1. The lowest BCUT2D eigenvalue weighted by Crippen LogP contribution is -2.46. The van der Waals surface area contributed by atoms with Crippen LogP contribution in [0.15, 0.2) is 15.9 Å². The second-order valence-electron chi connectivity index (χ2n) is 4.58. The molecule has 1 saturated heterocycles. The molecule has 18 heavy (non-hydrogen) atoms. The monoisotopic (exact) mass is 330 g/mol. The fourth-order valence-corrected chi connectivity index (χ4v) is 3.88. The quantitative estimate of drug-likeness (QED) is 0.919. The third-order valence-electron chi connectivity index (χ3n) is 3.29. The molecule has 5 heteroatoms. The van der Waals surface area contributed by atoms with Crippen molar-refractivity contribution in [3.8, 4) is 0 Å². The molecule has 1 aliphatic heterocycles. The summed E-state index contributed by atoms with van der Waals surface area (Å²) in [5.74, 6) is 0.186. The molecule has 3 nitrogen and oxygen atoms in total. The predicted molar refractivity (Wildman–Crippen MR) is 79.2 cm³/mol. The highest BCUT2D eigenvalue weighted by atomic mass is 79.9. The normalized spacial score (nSPS) is 16.8. The van der Waals surface area contributed by atoms with Gasteiger partial charge in [-0.3, -0.25) is 4.79 Å². The summed E-state index contributed by atoms with van der Waals surface area (Å²) in [5.41, 5.74) is 0. The molecule has 0 spiro atoms. The number of halogens is 1. The molecule has 1 fully saturated rings. The lowest BCUT2D eigenvalue weighted by Gasteiger charge is -2.34. The maximum absolute atomic E-state index is 12.6. The number of piperidine rings is 1. The maximum atomic E-state index is 12.6. The van der Waals surface area contributed by atoms with Gasteiger partial charge in [-0.05, 0) is 59.7 Å². The van der Waals surface area contributed by atoms with E-state index >= 15 is 0 Å². The average Bonchev–Trinajstić information content (AvgIpc) is 2.82. The van der Waals surface area contributed by atoms with Gasteiger partial charge in [0.05, 0.1) is 0 Å². The first-order chi connectivity index (χ1) is 8.74. The number of rotatable bonds is 4. The Bertz CT molecular complexity index is 401. The van der Waals surface area contributed by atoms with Crippen molar-refractivity contribution in [1.82, 2.24) is 10.2 Å². The van der Waals surface area contributed by atoms with Crippen molar-refractivity contribution in [2.45, 2.75) is 32.2 Å². The molecule has 1 amide bonds. The number of nitrogens with zero attached hydrogens (tertiary/aromatic N) is 1. The molecule has 1 N–H and O–H groups in total. The standard InChI is InChI=1S/C13H19BrN2OS/c1-2-8-16(10-3-6-15-7-4-10)13(17)12-11(14)5-9-18-12/h5,9-10,15H,2-4,6-8H2,1H3. The van der Waals surface area contributed by atoms with E-state index in [0.29, 0.717) is 6.04 Å². The van der Waals surface area contributed by atoms with Crippen LogP contribution in [0.25, 0.3) is 0 Å². The minimum absolute atomic E-state index is 0.186. The van der Waals surface area contributed by atoms with Gasteiger partial charge >= 0.3 is 0 Å². The molecular weight excluding hydrogens is 312 g/mol. The molecule has 1 aromatic rings. The molecule has 0 radical (unpaired) electrons. The summed E-state index contributed by atoms with van der Waals surface area (Å²) in [5, 5.41) is 5.31. The second-order valence-corrected chi connectivity index (χ2v) is 6.35. The molecule has 100 valence electrons. The van der Waals surface area contributed by atoms with Gasteiger partial charge in [-0.15, -0.1) is 11.3 Å². The number of amides is 1. The first-order valence-electron chi connectivity index (χ1n) is 6.48. The fourth-order valence-electron chi connectivity index (χ4n) is 2.39. The summed E-state index contributed by atoms with van der Waals surface area (Å²) in [7, 11) is 0. The van der Waals surface area contributed by atoms with Crippen molar-refractivity contribution in [2.24, 2.45) is 0 Å². The summed E-state index contributed by atoms with van der Waals surface area (Å²) in [6.45, 7) is 5.02. The van der Waals surface area contributed by atoms with Gasteiger partial charge in [-0.25, -0.2) is 0 Å². The van der Waals surface area contributed by atoms with Crippen LogP contribution in [-0.4, -0.2) is 36.5 Å². The minimum Gasteiger partial charge on any atom is -0.335 e. The van der Waals surface area contributed by atoms with Crippen molar-refractivity contribution in [2.75, 3.05) is 19.6 Å². The highest BCUT2D eigenvalue weighted by Crippen LogP contribution is 2.26. The van der Waals surface area contributed by atoms with E-state index in [4.69, 9.17) is 0 Å². The first-order valence-corrected chi connectivity index (χ1v) is 8.16. The molecule has 0 unspecified atom stereocenters. The SMILES string of the molecule is CCCN(C(=O)c1sccc1Br)C1CCNCC1. The van der Waals surface area contributed by atoms with Crippen LogP contribution in [0.3, 0.4) is 0 Å². The van der Waals surface area contributed by atoms with Gasteiger partial charge in [0, 0.05) is 17.1 Å². The summed E-state index contributed by atoms with van der Waals surface area (Å²) in [4.78, 5) is 15.5. The molecule has 0 bridgehead atoms. The van der Waals surface area contributed by atoms with Crippen molar-refractivity contribution >= 4 is 33.2 Å². The van der Waals surface area contributed by atoms with E-state index in [0.717, 1.165) is 48.2 Å². The number of carbonyl (C=O) groups excluding carboxylic acids is 1. The van der Waals surface area contributed by atoms with Crippen LogP contribution in [0.4, 0.5) is 0 Å². The Morgan fingerprint density at radius 2 is 2.28 bits per heavy atom. The van der Waals surface area contributed by atoms with Crippen molar-refractivity contribution in [3.63, 3.8) is 0 Å². The summed E-state index contributed by atoms with van der Waals surface area (Å²) >= 11 is 4.98. The molecule has 0 aliphatic carbocycles. The Labute approximate surface area is 121 Å². The van der Waals surface area contributed by atoms with Crippen LogP contribution < -0.4 is 5.32 Å². The van der Waals surface area contributed by atoms with Gasteiger partial charge in [0.1, 0.15) is 4.88 Å². The topological polar surface area (TPSA) is 32.3 Å². The van der Waals surface area contributed by atoms with E-state index in [1.807, 2.05) is 11.4 Å². The number of nitrogens with one attached hydrogen (secondary N) is 1. The summed E-state index contributed by atoms with van der Waals surface area (Å²) in [6, 6.07) is 2.34. The van der Waals surface area contributed by atoms with Crippen LogP contribution in [0.2, 0.25) is 0 Å². The summed E-state index contributed by atoms with van der Waals surface area (Å²) in [6.07, 6.45) is 3.14. The zero-order valence-corrected chi connectivity index (χ0v) is 13.0. The van der Waals surface area contributed by atoms with Crippen LogP contribution in [0.1, 0.15) is 35.9 Å². The molecular formula is C13H19BrN2OS. The maximum Gasteiger partial charge on any atom is 0.265 e. The Morgan fingerprint density at radius 3 is 2.83 bits per heavy atom. The van der Waals surface area contributed by atoms with Gasteiger partial charge in [-0.1, -0.05) is 6.92 Å². The smallest absolute Gasteiger partial charge is 0.265 e. The van der Waals surface area contributed by atoms with Gasteiger partial charge in [0.2, 0.25) is 0 Å². The molecule has 0 atom stereocenters. The Kier molecular flexibility index (Phi) is 5.21. The Hall–Kier alpha value is -0.390. The molecule has 0 aromatic carbocycles. The number of hydrogen-bond acceptors (Lipinski definition) is 3. The number of carbonyl (C=O) groups is 1. The largest absolute Gasteiger partial charge is 0.335 e. The van der Waals surface area contributed by atoms with Crippen LogP contribution in [0, 0.1) is 0 Å². The third-order valence-corrected chi connectivity index (χ3v) is 5.11. The van der Waals surface area contributed by atoms with Crippen LogP contribution in [-0.2, 0) is 0 Å². The highest BCUT2D eigenvalue weighted by Gasteiger charge is 2.27. The Balaban J connectivity index is 2.13. The fraction of sp³-hybridized carbons (Fsp3) is 0.615. The minimum atomic E-state index is 0.186. The van der Waals surface area contributed by atoms with E-state index < -0.39 is 0 Å². The van der Waals surface area contributed by atoms with Crippen LogP contribution >= 0.6 is 27.3 Å². The third kappa shape index (κ3) is 3.13. The second kappa shape index (κ2) is 6.68. The van der Waals surface area contributed by atoms with Crippen molar-refractivity contribution < 1.29 is 4.79 Å². The van der Waals surface area contributed by atoms with Crippen molar-refractivity contribution in [1.29, 1.82) is 0 Å². The molecule has 0 saturated carbocycles. The number of hydrogen-bond donors (Lipinski definition) is 1. The Morgan fingerprint density at radius 1 is 1.56 bits per heavy atom. The molecule has 1 aromatic heterocycles. The molecule has 2 rings (SSSR count). The lowest BCUT2D eigenvalue weighted by molar-refractivity contribution is 0.0647. The zero-order chi connectivity index (χ0) is 13.0. The van der Waals surface area contributed by atoms with E-state index in [-0.39, 0.29) is 5.91 Å². The van der Waals surface area contributed by atoms with Gasteiger partial charge in [-0.2, -0.15) is 0 Å². The van der Waals surface area contributed by atoms with E-state index in [2.05, 4.69) is 33.1 Å². The predicted octanol–water partition coefficient (Wildman–Crippen LogP) is 3.11. The van der Waals surface area contributed by atoms with E-state index in [1.54, 1.807) is 0 Å². The lowest BCUT2D eigenvalue weighted by atomic mass is 10.0. The average molecular weight is 331 g/mol. The zero-order valence-electron chi connectivity index (χ0n) is 10.6. The van der Waals surface area contributed by atoms with Gasteiger partial charge < -0.3 is 10.2 Å². The van der Waals surface area contributed by atoms with Gasteiger partial charge in [0.15, 0.2) is 0 Å².